The highest BCUT2D eigenvalue weighted by Crippen LogP contribution is 2.11. The number of hydrogen-bond acceptors (Lipinski definition) is 3. The van der Waals surface area contributed by atoms with Gasteiger partial charge in [0, 0.05) is 25.4 Å². The predicted octanol–water partition coefficient (Wildman–Crippen LogP) is 3.21. The second-order valence-corrected chi connectivity index (χ2v) is 6.79. The molecule has 0 radical (unpaired) electrons. The second-order valence-electron chi connectivity index (χ2n) is 6.79. The van der Waals surface area contributed by atoms with Crippen molar-refractivity contribution in [3.8, 4) is 5.69 Å². The van der Waals surface area contributed by atoms with E-state index in [4.69, 9.17) is 0 Å². The molecule has 1 aromatic heterocycles. The Labute approximate surface area is 164 Å². The van der Waals surface area contributed by atoms with Crippen LogP contribution >= 0.6 is 0 Å². The number of amides is 2. The Morgan fingerprint density at radius 2 is 1.79 bits per heavy atom. The Hall–Kier alpha value is -3.41. The summed E-state index contributed by atoms with van der Waals surface area (Å²) in [7, 11) is 1.64. The molecule has 0 aliphatic rings. The van der Waals surface area contributed by atoms with E-state index in [0.717, 1.165) is 22.5 Å². The van der Waals surface area contributed by atoms with Gasteiger partial charge >= 0.3 is 0 Å². The highest BCUT2D eigenvalue weighted by molar-refractivity contribution is 5.94. The lowest BCUT2D eigenvalue weighted by Gasteiger charge is -2.16. The summed E-state index contributed by atoms with van der Waals surface area (Å²) >= 11 is 0. The number of rotatable bonds is 7. The first-order chi connectivity index (χ1) is 13.5. The highest BCUT2D eigenvalue weighted by atomic mass is 16.2. The van der Waals surface area contributed by atoms with Crippen LogP contribution < -0.4 is 5.32 Å². The minimum atomic E-state index is -0.211. The van der Waals surface area contributed by atoms with Crippen molar-refractivity contribution in [3.05, 3.63) is 78.1 Å². The van der Waals surface area contributed by atoms with Gasteiger partial charge in [-0.15, -0.1) is 0 Å². The van der Waals surface area contributed by atoms with Crippen LogP contribution in [0.25, 0.3) is 5.69 Å². The van der Waals surface area contributed by atoms with Gasteiger partial charge in [-0.05, 0) is 43.2 Å². The van der Waals surface area contributed by atoms with Crippen LogP contribution in [-0.2, 0) is 16.0 Å². The molecular weight excluding hydrogens is 352 g/mol. The van der Waals surface area contributed by atoms with Crippen LogP contribution in [0.1, 0.15) is 17.5 Å². The molecule has 3 rings (SSSR count). The van der Waals surface area contributed by atoms with E-state index in [1.807, 2.05) is 67.7 Å². The van der Waals surface area contributed by atoms with E-state index in [2.05, 4.69) is 10.4 Å². The molecule has 0 saturated heterocycles. The van der Waals surface area contributed by atoms with E-state index in [1.54, 1.807) is 17.9 Å². The lowest BCUT2D eigenvalue weighted by Crippen LogP contribution is -2.35. The quantitative estimate of drug-likeness (QED) is 0.688. The molecular formula is C22H24N4O2. The van der Waals surface area contributed by atoms with Gasteiger partial charge in [0.2, 0.25) is 11.8 Å². The standard InChI is InChI=1S/C22H24N4O2/c1-17-8-11-19(12-9-17)24-21(27)16-25(2)22(28)13-10-18-14-23-26(15-18)20-6-4-3-5-7-20/h3-9,11-12,14-15H,10,13,16H2,1-2H3,(H,24,27). The first-order valence-electron chi connectivity index (χ1n) is 9.21. The maximum atomic E-state index is 12.3. The van der Waals surface area contributed by atoms with Gasteiger partial charge in [-0.3, -0.25) is 9.59 Å². The third-order valence-electron chi connectivity index (χ3n) is 4.43. The van der Waals surface area contributed by atoms with Crippen LogP contribution in [-0.4, -0.2) is 40.1 Å². The molecule has 28 heavy (non-hydrogen) atoms. The van der Waals surface area contributed by atoms with Crippen LogP contribution in [0.2, 0.25) is 0 Å². The number of carbonyl (C=O) groups excluding carboxylic acids is 2. The smallest absolute Gasteiger partial charge is 0.243 e. The fraction of sp³-hybridized carbons (Fsp3) is 0.227. The molecule has 1 N–H and O–H groups in total. The molecule has 0 fully saturated rings. The number of anilines is 1. The fourth-order valence-corrected chi connectivity index (χ4v) is 2.79. The fourth-order valence-electron chi connectivity index (χ4n) is 2.79. The van der Waals surface area contributed by atoms with Gasteiger partial charge in [-0.1, -0.05) is 35.9 Å². The Kier molecular flexibility index (Phi) is 6.22. The van der Waals surface area contributed by atoms with E-state index in [0.29, 0.717) is 12.8 Å². The van der Waals surface area contributed by atoms with Crippen molar-refractivity contribution >= 4 is 17.5 Å². The van der Waals surface area contributed by atoms with Gasteiger partial charge in [0.25, 0.3) is 0 Å². The topological polar surface area (TPSA) is 67.2 Å². The van der Waals surface area contributed by atoms with Crippen molar-refractivity contribution in [1.29, 1.82) is 0 Å². The molecule has 0 spiro atoms. The Morgan fingerprint density at radius 3 is 2.50 bits per heavy atom. The molecule has 0 bridgehead atoms. The monoisotopic (exact) mass is 376 g/mol. The number of aromatic nitrogens is 2. The Balaban J connectivity index is 1.47. The van der Waals surface area contributed by atoms with Crippen molar-refractivity contribution in [2.75, 3.05) is 18.9 Å². The number of hydrogen-bond donors (Lipinski definition) is 1. The minimum Gasteiger partial charge on any atom is -0.336 e. The van der Waals surface area contributed by atoms with Gasteiger partial charge in [0.1, 0.15) is 0 Å². The van der Waals surface area contributed by atoms with Crippen molar-refractivity contribution < 1.29 is 9.59 Å². The molecule has 0 unspecified atom stereocenters. The summed E-state index contributed by atoms with van der Waals surface area (Å²) < 4.78 is 1.79. The average Bonchev–Trinajstić information content (AvgIpc) is 3.17. The number of carbonyl (C=O) groups is 2. The maximum Gasteiger partial charge on any atom is 0.243 e. The SMILES string of the molecule is Cc1ccc(NC(=O)CN(C)C(=O)CCc2cnn(-c3ccccc3)c2)cc1. The zero-order chi connectivity index (χ0) is 19.9. The molecule has 1 heterocycles. The molecule has 144 valence electrons. The van der Waals surface area contributed by atoms with Crippen LogP contribution in [0.15, 0.2) is 67.0 Å². The number of nitrogens with zero attached hydrogens (tertiary/aromatic N) is 3. The Bertz CT molecular complexity index is 933. The maximum absolute atomic E-state index is 12.3. The summed E-state index contributed by atoms with van der Waals surface area (Å²) in [4.78, 5) is 25.9. The highest BCUT2D eigenvalue weighted by Gasteiger charge is 2.13. The third-order valence-corrected chi connectivity index (χ3v) is 4.43. The largest absolute Gasteiger partial charge is 0.336 e. The number of aryl methyl sites for hydroxylation is 2. The van der Waals surface area contributed by atoms with Gasteiger partial charge in [-0.25, -0.2) is 4.68 Å². The number of likely N-dealkylation sites (N-methyl/N-ethyl adjacent to an activating group) is 1. The molecule has 0 aliphatic heterocycles. The van der Waals surface area contributed by atoms with Crippen LogP contribution in [0.3, 0.4) is 0 Å². The van der Waals surface area contributed by atoms with Crippen molar-refractivity contribution in [3.63, 3.8) is 0 Å². The number of benzene rings is 2. The van der Waals surface area contributed by atoms with Gasteiger partial charge < -0.3 is 10.2 Å². The van der Waals surface area contributed by atoms with E-state index >= 15 is 0 Å². The lowest BCUT2D eigenvalue weighted by molar-refractivity contribution is -0.133. The first kappa shape index (κ1) is 19.4. The van der Waals surface area contributed by atoms with Crippen molar-refractivity contribution in [2.45, 2.75) is 19.8 Å². The van der Waals surface area contributed by atoms with Crippen molar-refractivity contribution in [1.82, 2.24) is 14.7 Å². The summed E-state index contributed by atoms with van der Waals surface area (Å²) in [5.41, 5.74) is 3.81. The third kappa shape index (κ3) is 5.30. The van der Waals surface area contributed by atoms with Gasteiger partial charge in [0.05, 0.1) is 18.4 Å². The molecule has 0 atom stereocenters. The van der Waals surface area contributed by atoms with E-state index in [9.17, 15) is 9.59 Å². The minimum absolute atomic E-state index is 0.0238. The molecule has 3 aromatic rings. The van der Waals surface area contributed by atoms with Crippen molar-refractivity contribution in [2.24, 2.45) is 0 Å². The van der Waals surface area contributed by atoms with E-state index < -0.39 is 0 Å². The molecule has 0 aliphatic carbocycles. The van der Waals surface area contributed by atoms with Crippen LogP contribution in [0.4, 0.5) is 5.69 Å². The number of para-hydroxylation sites is 1. The number of nitrogens with one attached hydrogen (secondary N) is 1. The van der Waals surface area contributed by atoms with Crippen LogP contribution in [0, 0.1) is 6.92 Å². The predicted molar refractivity (Wildman–Crippen MR) is 109 cm³/mol. The molecule has 6 heteroatoms. The average molecular weight is 376 g/mol. The molecule has 6 nitrogen and oxygen atoms in total. The lowest BCUT2D eigenvalue weighted by atomic mass is 10.2. The van der Waals surface area contributed by atoms with E-state index in [1.165, 1.54) is 4.90 Å². The van der Waals surface area contributed by atoms with Crippen LogP contribution in [0.5, 0.6) is 0 Å². The summed E-state index contributed by atoms with van der Waals surface area (Å²) in [6.07, 6.45) is 4.60. The first-order valence-corrected chi connectivity index (χ1v) is 9.21. The van der Waals surface area contributed by atoms with Gasteiger partial charge in [0.15, 0.2) is 0 Å². The summed E-state index contributed by atoms with van der Waals surface area (Å²) in [6, 6.07) is 17.4. The zero-order valence-corrected chi connectivity index (χ0v) is 16.1. The zero-order valence-electron chi connectivity index (χ0n) is 16.1. The van der Waals surface area contributed by atoms with Gasteiger partial charge in [-0.2, -0.15) is 5.10 Å². The summed E-state index contributed by atoms with van der Waals surface area (Å²) in [6.45, 7) is 2.01. The molecule has 0 saturated carbocycles. The Morgan fingerprint density at radius 1 is 1.07 bits per heavy atom. The molecule has 2 amide bonds. The summed E-state index contributed by atoms with van der Waals surface area (Å²) in [5.74, 6) is -0.289. The molecule has 2 aromatic carbocycles. The normalized spacial score (nSPS) is 10.5. The summed E-state index contributed by atoms with van der Waals surface area (Å²) in [5, 5.41) is 7.14. The van der Waals surface area contributed by atoms with E-state index in [-0.39, 0.29) is 18.4 Å². The second kappa shape index (κ2) is 8.99.